The van der Waals surface area contributed by atoms with E-state index in [1.807, 2.05) is 30.9 Å². The van der Waals surface area contributed by atoms with Crippen molar-refractivity contribution in [2.24, 2.45) is 4.99 Å². The molecule has 2 N–H and O–H groups in total. The number of carbonyl (C=O) groups is 1. The molecule has 0 aromatic heterocycles. The largest absolute Gasteiger partial charge is 0.377 e. The lowest BCUT2D eigenvalue weighted by Crippen LogP contribution is -2.44. The first-order chi connectivity index (χ1) is 12.2. The van der Waals surface area contributed by atoms with E-state index in [-0.39, 0.29) is 12.5 Å². The van der Waals surface area contributed by atoms with Crippen molar-refractivity contribution in [3.05, 3.63) is 35.4 Å². The number of aliphatic imine (C=N–C) groups is 1. The van der Waals surface area contributed by atoms with Crippen LogP contribution in [0.15, 0.2) is 29.3 Å². The summed E-state index contributed by atoms with van der Waals surface area (Å²) in [6, 6.07) is 8.16. The third-order valence-corrected chi connectivity index (χ3v) is 4.20. The lowest BCUT2D eigenvalue weighted by molar-refractivity contribution is -0.128. The third kappa shape index (κ3) is 6.38. The van der Waals surface area contributed by atoms with E-state index >= 15 is 0 Å². The van der Waals surface area contributed by atoms with Crippen molar-refractivity contribution >= 4 is 11.9 Å². The zero-order valence-electron chi connectivity index (χ0n) is 15.4. The van der Waals surface area contributed by atoms with Crippen LogP contribution in [0.5, 0.6) is 0 Å². The van der Waals surface area contributed by atoms with Crippen LogP contribution in [0.25, 0.3) is 0 Å². The summed E-state index contributed by atoms with van der Waals surface area (Å²) in [6.45, 7) is 8.64. The molecule has 1 aliphatic rings. The molecule has 138 valence electrons. The maximum atomic E-state index is 12.2. The smallest absolute Gasteiger partial charge is 0.241 e. The van der Waals surface area contributed by atoms with Crippen molar-refractivity contribution in [2.45, 2.75) is 39.8 Å². The van der Waals surface area contributed by atoms with Crippen molar-refractivity contribution in [1.29, 1.82) is 0 Å². The first kappa shape index (κ1) is 19.2. The SMILES string of the molecule is CCNC(=NCc1ccccc1COCC)NCC(=O)N1CCCC1. The minimum atomic E-state index is 0.139. The van der Waals surface area contributed by atoms with Crippen LogP contribution in [-0.4, -0.2) is 49.6 Å². The van der Waals surface area contributed by atoms with Gasteiger partial charge in [-0.05, 0) is 37.8 Å². The molecular formula is C19H30N4O2. The summed E-state index contributed by atoms with van der Waals surface area (Å²) in [6.07, 6.45) is 2.22. The third-order valence-electron chi connectivity index (χ3n) is 4.20. The summed E-state index contributed by atoms with van der Waals surface area (Å²) in [5.41, 5.74) is 2.29. The van der Waals surface area contributed by atoms with Crippen LogP contribution >= 0.6 is 0 Å². The molecular weight excluding hydrogens is 316 g/mol. The zero-order valence-corrected chi connectivity index (χ0v) is 15.4. The minimum Gasteiger partial charge on any atom is -0.377 e. The van der Waals surface area contributed by atoms with E-state index in [1.165, 1.54) is 0 Å². The molecule has 0 bridgehead atoms. The molecule has 25 heavy (non-hydrogen) atoms. The Morgan fingerprint density at radius 2 is 1.88 bits per heavy atom. The Morgan fingerprint density at radius 3 is 2.56 bits per heavy atom. The fourth-order valence-corrected chi connectivity index (χ4v) is 2.81. The molecule has 0 atom stereocenters. The van der Waals surface area contributed by atoms with Crippen molar-refractivity contribution in [3.8, 4) is 0 Å². The fourth-order valence-electron chi connectivity index (χ4n) is 2.81. The molecule has 1 heterocycles. The maximum Gasteiger partial charge on any atom is 0.241 e. The van der Waals surface area contributed by atoms with Crippen molar-refractivity contribution in [3.63, 3.8) is 0 Å². The number of carbonyl (C=O) groups excluding carboxylic acids is 1. The number of likely N-dealkylation sites (tertiary alicyclic amines) is 1. The predicted octanol–water partition coefficient (Wildman–Crippen LogP) is 1.90. The van der Waals surface area contributed by atoms with Crippen LogP contribution in [-0.2, 0) is 22.7 Å². The number of guanidine groups is 1. The number of amides is 1. The van der Waals surface area contributed by atoms with Gasteiger partial charge in [-0.15, -0.1) is 0 Å². The molecule has 2 rings (SSSR count). The standard InChI is InChI=1S/C19H30N4O2/c1-3-20-19(22-14-18(24)23-11-7-8-12-23)21-13-16-9-5-6-10-17(16)15-25-4-2/h5-6,9-10H,3-4,7-8,11-15H2,1-2H3,(H2,20,21,22). The number of benzene rings is 1. The number of ether oxygens (including phenoxy) is 1. The van der Waals surface area contributed by atoms with Gasteiger partial charge in [0.05, 0.1) is 19.7 Å². The topological polar surface area (TPSA) is 66.0 Å². The van der Waals surface area contributed by atoms with Crippen LogP contribution in [0.4, 0.5) is 0 Å². The molecule has 0 aliphatic carbocycles. The van der Waals surface area contributed by atoms with E-state index in [2.05, 4.69) is 27.8 Å². The molecule has 0 unspecified atom stereocenters. The molecule has 0 spiro atoms. The van der Waals surface area contributed by atoms with Crippen molar-refractivity contribution in [1.82, 2.24) is 15.5 Å². The molecule has 6 nitrogen and oxygen atoms in total. The van der Waals surface area contributed by atoms with Gasteiger partial charge in [-0.2, -0.15) is 0 Å². The van der Waals surface area contributed by atoms with Gasteiger partial charge >= 0.3 is 0 Å². The van der Waals surface area contributed by atoms with Gasteiger partial charge in [0, 0.05) is 26.2 Å². The lowest BCUT2D eigenvalue weighted by Gasteiger charge is -2.17. The highest BCUT2D eigenvalue weighted by molar-refractivity contribution is 5.86. The summed E-state index contributed by atoms with van der Waals surface area (Å²) in [4.78, 5) is 18.7. The Hall–Kier alpha value is -2.08. The second-order valence-corrected chi connectivity index (χ2v) is 6.04. The minimum absolute atomic E-state index is 0.139. The number of rotatable bonds is 8. The number of nitrogens with one attached hydrogen (secondary N) is 2. The van der Waals surface area contributed by atoms with Gasteiger partial charge in [0.25, 0.3) is 0 Å². The molecule has 1 amide bonds. The van der Waals surface area contributed by atoms with Gasteiger partial charge in [0.2, 0.25) is 5.91 Å². The summed E-state index contributed by atoms with van der Waals surface area (Å²) in [5, 5.41) is 6.34. The monoisotopic (exact) mass is 346 g/mol. The Labute approximate surface area is 150 Å². The Bertz CT molecular complexity index is 568. The Balaban J connectivity index is 1.93. The molecule has 1 aromatic carbocycles. The molecule has 1 saturated heterocycles. The molecule has 1 fully saturated rings. The Morgan fingerprint density at radius 1 is 1.16 bits per heavy atom. The highest BCUT2D eigenvalue weighted by Gasteiger charge is 2.17. The lowest BCUT2D eigenvalue weighted by atomic mass is 10.1. The highest BCUT2D eigenvalue weighted by atomic mass is 16.5. The number of hydrogen-bond donors (Lipinski definition) is 2. The van der Waals surface area contributed by atoms with Crippen LogP contribution in [0.3, 0.4) is 0 Å². The Kier molecular flexibility index (Phi) is 8.25. The predicted molar refractivity (Wildman–Crippen MR) is 100 cm³/mol. The van der Waals surface area contributed by atoms with Gasteiger partial charge in [-0.25, -0.2) is 4.99 Å². The fraction of sp³-hybridized carbons (Fsp3) is 0.579. The first-order valence-corrected chi connectivity index (χ1v) is 9.19. The van der Waals surface area contributed by atoms with Gasteiger partial charge in [0.15, 0.2) is 5.96 Å². The quantitative estimate of drug-likeness (QED) is 0.557. The second-order valence-electron chi connectivity index (χ2n) is 6.04. The van der Waals surface area contributed by atoms with Gasteiger partial charge in [-0.1, -0.05) is 24.3 Å². The van der Waals surface area contributed by atoms with E-state index in [9.17, 15) is 4.79 Å². The van der Waals surface area contributed by atoms with Gasteiger partial charge in [0.1, 0.15) is 0 Å². The second kappa shape index (κ2) is 10.7. The van der Waals surface area contributed by atoms with E-state index in [1.54, 1.807) is 0 Å². The van der Waals surface area contributed by atoms with Crippen LogP contribution in [0, 0.1) is 0 Å². The van der Waals surface area contributed by atoms with Crippen LogP contribution in [0.1, 0.15) is 37.8 Å². The first-order valence-electron chi connectivity index (χ1n) is 9.19. The van der Waals surface area contributed by atoms with Crippen molar-refractivity contribution in [2.75, 3.05) is 32.8 Å². The maximum absolute atomic E-state index is 12.2. The van der Waals surface area contributed by atoms with Crippen molar-refractivity contribution < 1.29 is 9.53 Å². The average Bonchev–Trinajstić information content (AvgIpc) is 3.17. The van der Waals surface area contributed by atoms with Crippen LogP contribution < -0.4 is 10.6 Å². The number of nitrogens with zero attached hydrogens (tertiary/aromatic N) is 2. The highest BCUT2D eigenvalue weighted by Crippen LogP contribution is 2.11. The molecule has 1 aromatic rings. The molecule has 1 aliphatic heterocycles. The summed E-state index contributed by atoms with van der Waals surface area (Å²) in [5.74, 6) is 0.807. The summed E-state index contributed by atoms with van der Waals surface area (Å²) in [7, 11) is 0. The molecule has 6 heteroatoms. The van der Waals surface area contributed by atoms with E-state index in [0.29, 0.717) is 25.7 Å². The van der Waals surface area contributed by atoms with Crippen LogP contribution in [0.2, 0.25) is 0 Å². The van der Waals surface area contributed by atoms with E-state index in [0.717, 1.165) is 43.6 Å². The molecule has 0 saturated carbocycles. The number of hydrogen-bond acceptors (Lipinski definition) is 3. The van der Waals surface area contributed by atoms with Gasteiger partial charge in [-0.3, -0.25) is 4.79 Å². The van der Waals surface area contributed by atoms with Gasteiger partial charge < -0.3 is 20.3 Å². The summed E-state index contributed by atoms with van der Waals surface area (Å²) >= 11 is 0. The zero-order chi connectivity index (χ0) is 17.9. The van der Waals surface area contributed by atoms with E-state index in [4.69, 9.17) is 4.74 Å². The molecule has 0 radical (unpaired) electrons. The van der Waals surface area contributed by atoms with E-state index < -0.39 is 0 Å². The average molecular weight is 346 g/mol. The summed E-state index contributed by atoms with van der Waals surface area (Å²) < 4.78 is 5.52. The normalized spacial score (nSPS) is 14.6.